The Labute approximate surface area is 162 Å². The van der Waals surface area contributed by atoms with Gasteiger partial charge in [-0.3, -0.25) is 4.79 Å². The average Bonchev–Trinajstić information content (AvgIpc) is 2.59. The van der Waals surface area contributed by atoms with Crippen LogP contribution < -0.4 is 0 Å². The molecular formula is C22H28O4S. The molecule has 0 fully saturated rings. The number of hydrogen-bond acceptors (Lipinski definition) is 4. The van der Waals surface area contributed by atoms with Crippen molar-refractivity contribution in [2.45, 2.75) is 58.0 Å². The van der Waals surface area contributed by atoms with Gasteiger partial charge in [-0.15, -0.1) is 0 Å². The second-order valence-corrected chi connectivity index (χ2v) is 9.99. The zero-order chi connectivity index (χ0) is 20.2. The molecule has 0 heterocycles. The second-order valence-electron chi connectivity index (χ2n) is 7.88. The van der Waals surface area contributed by atoms with Gasteiger partial charge in [0.1, 0.15) is 6.61 Å². The summed E-state index contributed by atoms with van der Waals surface area (Å²) < 4.78 is 29.8. The summed E-state index contributed by atoms with van der Waals surface area (Å²) in [5, 5.41) is 0. The highest BCUT2D eigenvalue weighted by molar-refractivity contribution is 7.91. The summed E-state index contributed by atoms with van der Waals surface area (Å²) in [5.41, 5.74) is 4.41. The van der Waals surface area contributed by atoms with Gasteiger partial charge in [0.25, 0.3) is 0 Å². The lowest BCUT2D eigenvalue weighted by Gasteiger charge is -2.22. The standard InChI is InChI=1S/C22H28O4S/c1-16-13-18(22(3,4)5)14-17(2)20(16)15-26-21(23)11-12-27(24,25)19-9-7-6-8-10-19/h6-10,13-14H,11-12,15H2,1-5H3. The first-order valence-corrected chi connectivity index (χ1v) is 10.7. The predicted octanol–water partition coefficient (Wildman–Crippen LogP) is 4.51. The molecule has 2 aromatic rings. The van der Waals surface area contributed by atoms with Crippen LogP contribution in [0.1, 0.15) is 49.4 Å². The highest BCUT2D eigenvalue weighted by Crippen LogP contribution is 2.27. The quantitative estimate of drug-likeness (QED) is 0.683. The molecule has 5 heteroatoms. The normalized spacial score (nSPS) is 12.0. The van der Waals surface area contributed by atoms with Crippen LogP contribution in [-0.4, -0.2) is 20.1 Å². The number of rotatable bonds is 6. The van der Waals surface area contributed by atoms with Gasteiger partial charge in [0.05, 0.1) is 17.1 Å². The number of carbonyl (C=O) groups excluding carboxylic acids is 1. The Morgan fingerprint density at radius 3 is 2.07 bits per heavy atom. The lowest BCUT2D eigenvalue weighted by molar-refractivity contribution is -0.144. The molecule has 0 radical (unpaired) electrons. The largest absolute Gasteiger partial charge is 0.461 e. The first kappa shape index (κ1) is 21.2. The first-order valence-electron chi connectivity index (χ1n) is 9.05. The first-order chi connectivity index (χ1) is 12.5. The molecule has 0 saturated carbocycles. The molecule has 0 aromatic heterocycles. The molecular weight excluding hydrogens is 360 g/mol. The van der Waals surface area contributed by atoms with Crippen LogP contribution in [0, 0.1) is 13.8 Å². The van der Waals surface area contributed by atoms with Crippen molar-refractivity contribution in [3.63, 3.8) is 0 Å². The summed E-state index contributed by atoms with van der Waals surface area (Å²) in [5.74, 6) is -0.759. The van der Waals surface area contributed by atoms with E-state index in [-0.39, 0.29) is 29.1 Å². The molecule has 0 amide bonds. The lowest BCUT2D eigenvalue weighted by atomic mass is 9.84. The van der Waals surface area contributed by atoms with Crippen LogP contribution in [-0.2, 0) is 31.4 Å². The van der Waals surface area contributed by atoms with Gasteiger partial charge in [-0.2, -0.15) is 0 Å². The number of ether oxygens (including phenoxy) is 1. The van der Waals surface area contributed by atoms with Gasteiger partial charge in [0.2, 0.25) is 0 Å². The Hall–Kier alpha value is -2.14. The second kappa shape index (κ2) is 8.26. The van der Waals surface area contributed by atoms with Crippen molar-refractivity contribution >= 4 is 15.8 Å². The van der Waals surface area contributed by atoms with Crippen LogP contribution in [0.15, 0.2) is 47.4 Å². The molecule has 0 saturated heterocycles. The van der Waals surface area contributed by atoms with Gasteiger partial charge in [-0.1, -0.05) is 51.1 Å². The molecule has 146 valence electrons. The van der Waals surface area contributed by atoms with Crippen molar-refractivity contribution in [1.29, 1.82) is 0 Å². The lowest BCUT2D eigenvalue weighted by Crippen LogP contribution is -2.15. The molecule has 27 heavy (non-hydrogen) atoms. The van der Waals surface area contributed by atoms with Crippen molar-refractivity contribution in [3.05, 3.63) is 64.7 Å². The minimum absolute atomic E-state index is 0.0521. The SMILES string of the molecule is Cc1cc(C(C)(C)C)cc(C)c1COC(=O)CCS(=O)(=O)c1ccccc1. The fourth-order valence-electron chi connectivity index (χ4n) is 2.84. The third kappa shape index (κ3) is 5.67. The summed E-state index contributed by atoms with van der Waals surface area (Å²) in [6.07, 6.45) is -0.157. The highest BCUT2D eigenvalue weighted by atomic mass is 32.2. The fraction of sp³-hybridized carbons (Fsp3) is 0.409. The van der Waals surface area contributed by atoms with E-state index in [1.165, 1.54) is 17.7 Å². The fourth-order valence-corrected chi connectivity index (χ4v) is 4.09. The Balaban J connectivity index is 1.98. The van der Waals surface area contributed by atoms with Gasteiger partial charge in [-0.25, -0.2) is 8.42 Å². The molecule has 0 aliphatic carbocycles. The van der Waals surface area contributed by atoms with Crippen LogP contribution >= 0.6 is 0 Å². The zero-order valence-corrected chi connectivity index (χ0v) is 17.5. The summed E-state index contributed by atoms with van der Waals surface area (Å²) in [4.78, 5) is 12.3. The maximum atomic E-state index is 12.2. The van der Waals surface area contributed by atoms with Crippen molar-refractivity contribution in [3.8, 4) is 0 Å². The minimum atomic E-state index is -3.48. The molecule has 0 aliphatic heterocycles. The van der Waals surface area contributed by atoms with Crippen molar-refractivity contribution in [1.82, 2.24) is 0 Å². The number of aryl methyl sites for hydroxylation is 2. The zero-order valence-electron chi connectivity index (χ0n) is 16.7. The van der Waals surface area contributed by atoms with Crippen LogP contribution in [0.3, 0.4) is 0 Å². The van der Waals surface area contributed by atoms with E-state index in [9.17, 15) is 13.2 Å². The number of esters is 1. The Morgan fingerprint density at radius 1 is 1.00 bits per heavy atom. The van der Waals surface area contributed by atoms with Crippen LogP contribution in [0.5, 0.6) is 0 Å². The van der Waals surface area contributed by atoms with E-state index < -0.39 is 15.8 Å². The van der Waals surface area contributed by atoms with Crippen LogP contribution in [0.2, 0.25) is 0 Å². The Kier molecular flexibility index (Phi) is 6.47. The topological polar surface area (TPSA) is 60.4 Å². The molecule has 0 bridgehead atoms. The molecule has 4 nitrogen and oxygen atoms in total. The minimum Gasteiger partial charge on any atom is -0.461 e. The van der Waals surface area contributed by atoms with Gasteiger partial charge in [-0.05, 0) is 53.6 Å². The monoisotopic (exact) mass is 388 g/mol. The van der Waals surface area contributed by atoms with Crippen molar-refractivity contribution in [2.24, 2.45) is 0 Å². The predicted molar refractivity (Wildman–Crippen MR) is 108 cm³/mol. The summed E-state index contributed by atoms with van der Waals surface area (Å²) >= 11 is 0. The van der Waals surface area contributed by atoms with E-state index in [2.05, 4.69) is 32.9 Å². The molecule has 2 aromatic carbocycles. The summed E-state index contributed by atoms with van der Waals surface area (Å²) in [6, 6.07) is 12.4. The molecule has 0 atom stereocenters. The van der Waals surface area contributed by atoms with Gasteiger partial charge in [0.15, 0.2) is 9.84 Å². The Morgan fingerprint density at radius 2 is 1.56 bits per heavy atom. The highest BCUT2D eigenvalue weighted by Gasteiger charge is 2.19. The molecule has 0 aliphatic rings. The number of hydrogen-bond donors (Lipinski definition) is 0. The Bertz CT molecular complexity index is 884. The van der Waals surface area contributed by atoms with E-state index in [1.807, 2.05) is 13.8 Å². The summed E-state index contributed by atoms with van der Waals surface area (Å²) in [7, 11) is -3.48. The van der Waals surface area contributed by atoms with Crippen molar-refractivity contribution in [2.75, 3.05) is 5.75 Å². The van der Waals surface area contributed by atoms with Crippen molar-refractivity contribution < 1.29 is 17.9 Å². The maximum Gasteiger partial charge on any atom is 0.307 e. The van der Waals surface area contributed by atoms with E-state index in [0.29, 0.717) is 0 Å². The van der Waals surface area contributed by atoms with Gasteiger partial charge < -0.3 is 4.74 Å². The number of carbonyl (C=O) groups is 1. The number of sulfone groups is 1. The third-order valence-electron chi connectivity index (χ3n) is 4.62. The molecule has 0 spiro atoms. The molecule has 2 rings (SSSR count). The van der Waals surface area contributed by atoms with E-state index in [0.717, 1.165) is 16.7 Å². The van der Waals surface area contributed by atoms with Crippen LogP contribution in [0.4, 0.5) is 0 Å². The maximum absolute atomic E-state index is 12.2. The van der Waals surface area contributed by atoms with Gasteiger partial charge >= 0.3 is 5.97 Å². The molecule has 0 N–H and O–H groups in total. The molecule has 0 unspecified atom stereocenters. The third-order valence-corrected chi connectivity index (χ3v) is 6.35. The smallest absolute Gasteiger partial charge is 0.307 e. The van der Waals surface area contributed by atoms with Crippen LogP contribution in [0.25, 0.3) is 0 Å². The summed E-state index contributed by atoms with van der Waals surface area (Å²) in [6.45, 7) is 10.7. The number of benzene rings is 2. The van der Waals surface area contributed by atoms with E-state index >= 15 is 0 Å². The average molecular weight is 389 g/mol. The van der Waals surface area contributed by atoms with E-state index in [4.69, 9.17) is 4.74 Å². The van der Waals surface area contributed by atoms with Gasteiger partial charge in [0, 0.05) is 0 Å². The van der Waals surface area contributed by atoms with E-state index in [1.54, 1.807) is 18.2 Å².